The minimum Gasteiger partial charge on any atom is -0.497 e. The number of anilines is 1. The van der Waals surface area contributed by atoms with Crippen LogP contribution in [0.2, 0.25) is 0 Å². The maximum atomic E-state index is 12.4. The molecule has 24 heavy (non-hydrogen) atoms. The Morgan fingerprint density at radius 2 is 1.71 bits per heavy atom. The molecule has 0 atom stereocenters. The molecular formula is C17H19NO5S. The van der Waals surface area contributed by atoms with Crippen LogP contribution in [0.5, 0.6) is 11.5 Å². The molecule has 0 aromatic heterocycles. The number of benzene rings is 2. The first kappa shape index (κ1) is 17.8. The normalized spacial score (nSPS) is 11.0. The molecule has 0 saturated heterocycles. The smallest absolute Gasteiger partial charge is 0.339 e. The second-order valence-corrected chi connectivity index (χ2v) is 6.64. The molecule has 0 saturated carbocycles. The Bertz CT molecular complexity index is 829. The number of aryl methyl sites for hydroxylation is 1. The summed E-state index contributed by atoms with van der Waals surface area (Å²) in [6.45, 7) is 3.50. The molecular weight excluding hydrogens is 330 g/mol. The van der Waals surface area contributed by atoms with Crippen molar-refractivity contribution in [2.75, 3.05) is 12.4 Å². The van der Waals surface area contributed by atoms with Gasteiger partial charge < -0.3 is 14.2 Å². The molecule has 1 amide bonds. The molecule has 0 bridgehead atoms. The zero-order chi connectivity index (χ0) is 17.7. The molecule has 0 aliphatic heterocycles. The zero-order valence-electron chi connectivity index (χ0n) is 13.7. The minimum absolute atomic E-state index is 0.0321. The Morgan fingerprint density at radius 1 is 1.08 bits per heavy atom. The number of hydrogen-bond acceptors (Lipinski definition) is 5. The summed E-state index contributed by atoms with van der Waals surface area (Å²) >= 11 is 0. The molecule has 0 heterocycles. The van der Waals surface area contributed by atoms with Gasteiger partial charge in [0.15, 0.2) is 0 Å². The lowest BCUT2D eigenvalue weighted by atomic mass is 10.2. The van der Waals surface area contributed by atoms with Gasteiger partial charge in [0, 0.05) is 12.1 Å². The number of nitrogens with one attached hydrogen (secondary N) is 1. The van der Waals surface area contributed by atoms with Crippen LogP contribution in [0.3, 0.4) is 0 Å². The van der Waals surface area contributed by atoms with Crippen LogP contribution in [0.1, 0.15) is 18.9 Å². The van der Waals surface area contributed by atoms with Gasteiger partial charge in [-0.1, -0.05) is 13.0 Å². The summed E-state index contributed by atoms with van der Waals surface area (Å²) in [5, 5.41) is 2.68. The van der Waals surface area contributed by atoms with Crippen LogP contribution in [0, 0.1) is 6.92 Å². The van der Waals surface area contributed by atoms with Gasteiger partial charge in [-0.3, -0.25) is 4.79 Å². The zero-order valence-corrected chi connectivity index (χ0v) is 14.5. The summed E-state index contributed by atoms with van der Waals surface area (Å²) in [6.07, 6.45) is 0.304. The van der Waals surface area contributed by atoms with Gasteiger partial charge >= 0.3 is 10.1 Å². The topological polar surface area (TPSA) is 81.7 Å². The van der Waals surface area contributed by atoms with E-state index in [9.17, 15) is 13.2 Å². The number of rotatable bonds is 6. The molecule has 128 valence electrons. The van der Waals surface area contributed by atoms with E-state index in [1.807, 2.05) is 0 Å². The van der Waals surface area contributed by atoms with Gasteiger partial charge in [-0.2, -0.15) is 8.42 Å². The number of ether oxygens (including phenoxy) is 1. The SMILES string of the molecule is CCC(=O)Nc1cc(S(=O)(=O)Oc2ccc(OC)cc2)ccc1C. The largest absolute Gasteiger partial charge is 0.497 e. The molecule has 2 aromatic rings. The van der Waals surface area contributed by atoms with Gasteiger partial charge in [0.1, 0.15) is 16.4 Å². The third-order valence-corrected chi connectivity index (χ3v) is 4.60. The summed E-state index contributed by atoms with van der Waals surface area (Å²) in [4.78, 5) is 11.5. The highest BCUT2D eigenvalue weighted by Gasteiger charge is 2.18. The summed E-state index contributed by atoms with van der Waals surface area (Å²) in [5.74, 6) is 0.582. The lowest BCUT2D eigenvalue weighted by Crippen LogP contribution is -2.13. The highest BCUT2D eigenvalue weighted by Crippen LogP contribution is 2.25. The van der Waals surface area contributed by atoms with E-state index in [2.05, 4.69) is 5.32 Å². The number of hydrogen-bond donors (Lipinski definition) is 1. The average molecular weight is 349 g/mol. The van der Waals surface area contributed by atoms with Crippen LogP contribution < -0.4 is 14.2 Å². The highest BCUT2D eigenvalue weighted by molar-refractivity contribution is 7.87. The van der Waals surface area contributed by atoms with Crippen molar-refractivity contribution in [3.8, 4) is 11.5 Å². The Labute approximate surface area is 141 Å². The fourth-order valence-corrected chi connectivity index (χ4v) is 2.89. The second-order valence-electron chi connectivity index (χ2n) is 5.09. The Balaban J connectivity index is 2.27. The Kier molecular flexibility index (Phi) is 5.46. The number of amides is 1. The van der Waals surface area contributed by atoms with Gasteiger partial charge in [-0.15, -0.1) is 0 Å². The predicted molar refractivity (Wildman–Crippen MR) is 90.9 cm³/mol. The second kappa shape index (κ2) is 7.35. The van der Waals surface area contributed by atoms with E-state index in [4.69, 9.17) is 8.92 Å². The molecule has 0 unspecified atom stereocenters. The van der Waals surface area contributed by atoms with E-state index in [-0.39, 0.29) is 16.6 Å². The van der Waals surface area contributed by atoms with Crippen LogP contribution in [0.4, 0.5) is 5.69 Å². The molecule has 2 aromatic carbocycles. The van der Waals surface area contributed by atoms with E-state index in [1.54, 1.807) is 32.0 Å². The summed E-state index contributed by atoms with van der Waals surface area (Å²) < 4.78 is 35.0. The van der Waals surface area contributed by atoms with E-state index in [0.717, 1.165) is 5.56 Å². The van der Waals surface area contributed by atoms with Crippen molar-refractivity contribution in [1.82, 2.24) is 0 Å². The van der Waals surface area contributed by atoms with Crippen LogP contribution in [0.25, 0.3) is 0 Å². The number of methoxy groups -OCH3 is 1. The molecule has 1 N–H and O–H groups in total. The van der Waals surface area contributed by atoms with E-state index in [1.165, 1.54) is 31.4 Å². The summed E-state index contributed by atoms with van der Waals surface area (Å²) in [7, 11) is -2.49. The van der Waals surface area contributed by atoms with Crippen LogP contribution in [-0.4, -0.2) is 21.4 Å². The lowest BCUT2D eigenvalue weighted by molar-refractivity contribution is -0.115. The predicted octanol–water partition coefficient (Wildman–Crippen LogP) is 3.12. The fraction of sp³-hybridized carbons (Fsp3) is 0.235. The molecule has 0 fully saturated rings. The Hall–Kier alpha value is -2.54. The molecule has 7 heteroatoms. The molecule has 2 rings (SSSR count). The minimum atomic E-state index is -4.01. The first-order chi connectivity index (χ1) is 11.4. The van der Waals surface area contributed by atoms with Crippen molar-refractivity contribution in [2.24, 2.45) is 0 Å². The average Bonchev–Trinajstić information content (AvgIpc) is 2.57. The van der Waals surface area contributed by atoms with Gasteiger partial charge in [0.25, 0.3) is 0 Å². The lowest BCUT2D eigenvalue weighted by Gasteiger charge is -2.11. The summed E-state index contributed by atoms with van der Waals surface area (Å²) in [5.41, 5.74) is 1.21. The first-order valence-electron chi connectivity index (χ1n) is 7.34. The van der Waals surface area contributed by atoms with Crippen molar-refractivity contribution < 1.29 is 22.1 Å². The van der Waals surface area contributed by atoms with Gasteiger partial charge in [-0.25, -0.2) is 0 Å². The molecule has 6 nitrogen and oxygen atoms in total. The van der Waals surface area contributed by atoms with Gasteiger partial charge in [-0.05, 0) is 48.9 Å². The van der Waals surface area contributed by atoms with E-state index in [0.29, 0.717) is 17.9 Å². The van der Waals surface area contributed by atoms with Gasteiger partial charge in [0.05, 0.1) is 7.11 Å². The third-order valence-electron chi connectivity index (χ3n) is 3.36. The number of carbonyl (C=O) groups is 1. The molecule has 0 aliphatic carbocycles. The van der Waals surface area contributed by atoms with Gasteiger partial charge in [0.2, 0.25) is 5.91 Å². The van der Waals surface area contributed by atoms with Crippen LogP contribution >= 0.6 is 0 Å². The van der Waals surface area contributed by atoms with Crippen molar-refractivity contribution in [1.29, 1.82) is 0 Å². The highest BCUT2D eigenvalue weighted by atomic mass is 32.2. The van der Waals surface area contributed by atoms with Crippen molar-refractivity contribution >= 4 is 21.7 Å². The van der Waals surface area contributed by atoms with Crippen molar-refractivity contribution in [3.63, 3.8) is 0 Å². The maximum Gasteiger partial charge on any atom is 0.339 e. The third kappa shape index (κ3) is 4.26. The van der Waals surface area contributed by atoms with Crippen molar-refractivity contribution in [2.45, 2.75) is 25.2 Å². The van der Waals surface area contributed by atoms with Crippen molar-refractivity contribution in [3.05, 3.63) is 48.0 Å². The first-order valence-corrected chi connectivity index (χ1v) is 8.75. The number of carbonyl (C=O) groups excluding carboxylic acids is 1. The monoisotopic (exact) mass is 349 g/mol. The maximum absolute atomic E-state index is 12.4. The summed E-state index contributed by atoms with van der Waals surface area (Å²) in [6, 6.07) is 10.7. The molecule has 0 radical (unpaired) electrons. The van der Waals surface area contributed by atoms with Crippen LogP contribution in [0.15, 0.2) is 47.4 Å². The Morgan fingerprint density at radius 3 is 2.29 bits per heavy atom. The van der Waals surface area contributed by atoms with E-state index >= 15 is 0 Å². The molecule has 0 aliphatic rings. The quantitative estimate of drug-likeness (QED) is 0.810. The standard InChI is InChI=1S/C17H19NO5S/c1-4-17(19)18-16-11-15(10-5-12(16)2)24(20,21)23-14-8-6-13(22-3)7-9-14/h5-11H,4H2,1-3H3,(H,18,19). The fourth-order valence-electron chi connectivity index (χ4n) is 1.94. The van der Waals surface area contributed by atoms with E-state index < -0.39 is 10.1 Å². The molecule has 0 spiro atoms. The van der Waals surface area contributed by atoms with Crippen LogP contribution in [-0.2, 0) is 14.9 Å².